The van der Waals surface area contributed by atoms with Crippen LogP contribution in [0.1, 0.15) is 20.7 Å². The van der Waals surface area contributed by atoms with E-state index in [1.807, 2.05) is 0 Å². The Morgan fingerprint density at radius 1 is 0.833 bits per heavy atom. The minimum absolute atomic E-state index is 0.280. The average Bonchev–Trinajstić information content (AvgIpc) is 2.35. The zero-order valence-electron chi connectivity index (χ0n) is 9.68. The van der Waals surface area contributed by atoms with E-state index in [0.29, 0.717) is 0 Å². The lowest BCUT2D eigenvalue weighted by Gasteiger charge is -2.20. The molecule has 18 heavy (non-hydrogen) atoms. The van der Waals surface area contributed by atoms with Crippen LogP contribution in [0, 0.1) is 0 Å². The molecule has 0 heterocycles. The van der Waals surface area contributed by atoms with Gasteiger partial charge in [-0.15, -0.1) is 0 Å². The third-order valence-corrected chi connectivity index (χ3v) is 2.64. The van der Waals surface area contributed by atoms with Gasteiger partial charge >= 0.3 is 0 Å². The smallest absolute Gasteiger partial charge is 0.236 e. The molecule has 1 aliphatic carbocycles. The molecule has 2 rings (SSSR count). The van der Waals surface area contributed by atoms with Crippen molar-refractivity contribution in [2.45, 2.75) is 0 Å². The molecule has 94 valence electrons. The van der Waals surface area contributed by atoms with Crippen LogP contribution < -0.4 is 0 Å². The Morgan fingerprint density at radius 3 is 1.44 bits per heavy atom. The molecule has 6 heteroatoms. The van der Waals surface area contributed by atoms with E-state index in [2.05, 4.69) is 0 Å². The van der Waals surface area contributed by atoms with Gasteiger partial charge in [0.25, 0.3) is 0 Å². The number of phenols is 2. The number of aromatic hydroxyl groups is 2. The molecule has 0 aromatic heterocycles. The Hall–Kier alpha value is -2.50. The van der Waals surface area contributed by atoms with Crippen LogP contribution in [0.3, 0.4) is 0 Å². The number of ether oxygens (including phenoxy) is 2. The number of hydrogen-bond acceptors (Lipinski definition) is 6. The zero-order valence-corrected chi connectivity index (χ0v) is 9.68. The third-order valence-electron chi connectivity index (χ3n) is 2.64. The first-order chi connectivity index (χ1) is 8.52. The molecule has 0 atom stereocenters. The maximum absolute atomic E-state index is 12.0. The van der Waals surface area contributed by atoms with Crippen molar-refractivity contribution in [3.63, 3.8) is 0 Å². The lowest BCUT2D eigenvalue weighted by Crippen LogP contribution is -2.24. The minimum atomic E-state index is -0.711. The van der Waals surface area contributed by atoms with E-state index in [9.17, 15) is 19.8 Å². The minimum Gasteiger partial charge on any atom is -0.507 e. The second-order valence-corrected chi connectivity index (χ2v) is 3.58. The predicted molar refractivity (Wildman–Crippen MR) is 59.5 cm³/mol. The first kappa shape index (κ1) is 12.0. The first-order valence-electron chi connectivity index (χ1n) is 4.99. The summed E-state index contributed by atoms with van der Waals surface area (Å²) in [5.74, 6) is -2.81. The van der Waals surface area contributed by atoms with Crippen molar-refractivity contribution < 1.29 is 29.3 Å². The quantitative estimate of drug-likeness (QED) is 0.760. The Labute approximate surface area is 102 Å². The van der Waals surface area contributed by atoms with E-state index < -0.39 is 23.1 Å². The predicted octanol–water partition coefficient (Wildman–Crippen LogP) is 0.981. The summed E-state index contributed by atoms with van der Waals surface area (Å²) in [5, 5.41) is 19.3. The molecule has 1 aromatic carbocycles. The lowest BCUT2D eigenvalue weighted by molar-refractivity contribution is 0.0824. The van der Waals surface area contributed by atoms with E-state index >= 15 is 0 Å². The molecule has 1 aliphatic rings. The van der Waals surface area contributed by atoms with Gasteiger partial charge in [-0.05, 0) is 12.1 Å². The number of phenolic OH excluding ortho intramolecular Hbond substituents is 2. The van der Waals surface area contributed by atoms with Crippen LogP contribution in [-0.4, -0.2) is 36.0 Å². The highest BCUT2D eigenvalue weighted by Crippen LogP contribution is 2.37. The number of hydrogen-bond donors (Lipinski definition) is 2. The Kier molecular flexibility index (Phi) is 2.70. The summed E-state index contributed by atoms with van der Waals surface area (Å²) < 4.78 is 9.64. The summed E-state index contributed by atoms with van der Waals surface area (Å²) in [7, 11) is 2.43. The van der Waals surface area contributed by atoms with Crippen LogP contribution >= 0.6 is 0 Å². The summed E-state index contributed by atoms with van der Waals surface area (Å²) in [6, 6.07) is 2.26. The van der Waals surface area contributed by atoms with Gasteiger partial charge in [-0.1, -0.05) is 0 Å². The van der Waals surface area contributed by atoms with Gasteiger partial charge in [-0.25, -0.2) is 0 Å². The van der Waals surface area contributed by atoms with Crippen LogP contribution in [0.15, 0.2) is 23.7 Å². The maximum Gasteiger partial charge on any atom is 0.236 e. The highest BCUT2D eigenvalue weighted by Gasteiger charge is 2.38. The monoisotopic (exact) mass is 250 g/mol. The molecular weight excluding hydrogens is 240 g/mol. The van der Waals surface area contributed by atoms with E-state index in [4.69, 9.17) is 9.47 Å². The van der Waals surface area contributed by atoms with Crippen LogP contribution in [0.2, 0.25) is 0 Å². The van der Waals surface area contributed by atoms with Crippen molar-refractivity contribution >= 4 is 11.6 Å². The van der Waals surface area contributed by atoms with Gasteiger partial charge in [0.05, 0.1) is 25.3 Å². The molecule has 0 radical (unpaired) electrons. The van der Waals surface area contributed by atoms with Gasteiger partial charge in [0.2, 0.25) is 23.1 Å². The fourth-order valence-electron chi connectivity index (χ4n) is 1.84. The summed E-state index contributed by atoms with van der Waals surface area (Å²) in [6.07, 6.45) is 0. The van der Waals surface area contributed by atoms with Crippen LogP contribution in [0.25, 0.3) is 0 Å². The molecule has 0 fully saturated rings. The second-order valence-electron chi connectivity index (χ2n) is 3.58. The highest BCUT2D eigenvalue weighted by molar-refractivity contribution is 6.27. The summed E-state index contributed by atoms with van der Waals surface area (Å²) in [5.41, 5.74) is -0.560. The molecule has 0 saturated heterocycles. The first-order valence-corrected chi connectivity index (χ1v) is 4.99. The van der Waals surface area contributed by atoms with Crippen molar-refractivity contribution in [3.8, 4) is 11.5 Å². The van der Waals surface area contributed by atoms with E-state index in [1.54, 1.807) is 0 Å². The number of ketones is 2. The molecule has 6 nitrogen and oxygen atoms in total. The Morgan fingerprint density at radius 2 is 1.17 bits per heavy atom. The molecule has 0 spiro atoms. The largest absolute Gasteiger partial charge is 0.507 e. The normalized spacial score (nSPS) is 14.6. The summed E-state index contributed by atoms with van der Waals surface area (Å²) in [4.78, 5) is 24.1. The van der Waals surface area contributed by atoms with E-state index in [-0.39, 0.29) is 22.6 Å². The third kappa shape index (κ3) is 1.42. The molecule has 0 saturated carbocycles. The highest BCUT2D eigenvalue weighted by atomic mass is 16.5. The number of benzene rings is 1. The molecule has 0 aliphatic heterocycles. The van der Waals surface area contributed by atoms with Crippen molar-refractivity contribution in [3.05, 3.63) is 34.8 Å². The standard InChI is InChI=1S/C12H10O6/c1-17-11-9(15)7-5(13)3-4-6(14)8(7)10(16)12(11)18-2/h3-4,13-14H,1-2H3. The van der Waals surface area contributed by atoms with Crippen molar-refractivity contribution in [1.82, 2.24) is 0 Å². The summed E-state index contributed by atoms with van der Waals surface area (Å²) in [6.45, 7) is 0. The number of Topliss-reactive ketones (excluding diaryl/α,β-unsaturated/α-hetero) is 2. The van der Waals surface area contributed by atoms with E-state index in [0.717, 1.165) is 12.1 Å². The number of rotatable bonds is 2. The van der Waals surface area contributed by atoms with Gasteiger partial charge in [-0.3, -0.25) is 9.59 Å². The van der Waals surface area contributed by atoms with Crippen molar-refractivity contribution in [2.24, 2.45) is 0 Å². The van der Waals surface area contributed by atoms with Crippen LogP contribution in [0.4, 0.5) is 0 Å². The molecular formula is C12H10O6. The van der Waals surface area contributed by atoms with Gasteiger partial charge in [0.15, 0.2) is 0 Å². The molecule has 1 aromatic rings. The summed E-state index contributed by atoms with van der Waals surface area (Å²) >= 11 is 0. The number of allylic oxidation sites excluding steroid dienone is 2. The van der Waals surface area contributed by atoms with Gasteiger partial charge in [0.1, 0.15) is 11.5 Å². The maximum atomic E-state index is 12.0. The van der Waals surface area contributed by atoms with Crippen LogP contribution in [0.5, 0.6) is 11.5 Å². The zero-order chi connectivity index (χ0) is 13.4. The molecule has 0 unspecified atom stereocenters. The number of carbonyl (C=O) groups excluding carboxylic acids is 2. The Bertz CT molecular complexity index is 533. The van der Waals surface area contributed by atoms with Gasteiger partial charge < -0.3 is 19.7 Å². The lowest BCUT2D eigenvalue weighted by atomic mass is 9.90. The Balaban J connectivity index is 2.80. The van der Waals surface area contributed by atoms with Crippen molar-refractivity contribution in [2.75, 3.05) is 14.2 Å². The molecule has 0 bridgehead atoms. The topological polar surface area (TPSA) is 93.1 Å². The fourth-order valence-corrected chi connectivity index (χ4v) is 1.84. The number of fused-ring (bicyclic) bond motifs is 1. The number of carbonyl (C=O) groups is 2. The van der Waals surface area contributed by atoms with Crippen molar-refractivity contribution in [1.29, 1.82) is 0 Å². The fraction of sp³-hybridized carbons (Fsp3) is 0.167. The number of methoxy groups -OCH3 is 2. The SMILES string of the molecule is COC1=C(OC)C(=O)c2c(O)ccc(O)c2C1=O. The molecule has 0 amide bonds. The van der Waals surface area contributed by atoms with Gasteiger partial charge in [-0.2, -0.15) is 0 Å². The van der Waals surface area contributed by atoms with Gasteiger partial charge in [0, 0.05) is 0 Å². The molecule has 2 N–H and O–H groups in total. The van der Waals surface area contributed by atoms with Crippen LogP contribution in [-0.2, 0) is 9.47 Å². The van der Waals surface area contributed by atoms with E-state index in [1.165, 1.54) is 14.2 Å². The second kappa shape index (κ2) is 4.06. The average molecular weight is 250 g/mol.